The number of hydrogen-bond acceptors (Lipinski definition) is 4. The summed E-state index contributed by atoms with van der Waals surface area (Å²) in [5, 5.41) is 0. The van der Waals surface area contributed by atoms with Gasteiger partial charge < -0.3 is 0 Å². The van der Waals surface area contributed by atoms with Crippen molar-refractivity contribution < 1.29 is 19.2 Å². The molecule has 0 aliphatic heterocycles. The number of hydrogen-bond donors (Lipinski definition) is 0. The van der Waals surface area contributed by atoms with Crippen molar-refractivity contribution in [3.63, 3.8) is 0 Å². The first-order valence-electron chi connectivity index (χ1n) is 27.0. The van der Waals surface area contributed by atoms with E-state index in [0.717, 1.165) is 44.5 Å². The summed E-state index contributed by atoms with van der Waals surface area (Å²) >= 11 is -4.04. The molecule has 12 rings (SSSR count). The Morgan fingerprint density at radius 2 is 0.296 bits per heavy atom. The molecular formula is C76H52GeO4. The van der Waals surface area contributed by atoms with Gasteiger partial charge in [-0.15, -0.1) is 0 Å². The average Bonchev–Trinajstić information content (AvgIpc) is 3.71. The molecule has 0 atom stereocenters. The third kappa shape index (κ3) is 10.6. The zero-order chi connectivity index (χ0) is 55.1. The van der Waals surface area contributed by atoms with Gasteiger partial charge in [-0.1, -0.05) is 24.3 Å². The zero-order valence-electron chi connectivity index (χ0n) is 44.2. The van der Waals surface area contributed by atoms with Crippen molar-refractivity contribution >= 4 is 54.0 Å². The topological polar surface area (TPSA) is 68.3 Å². The van der Waals surface area contributed by atoms with Gasteiger partial charge in [0.15, 0.2) is 0 Å². The van der Waals surface area contributed by atoms with Gasteiger partial charge in [-0.05, 0) is 0 Å². The van der Waals surface area contributed by atoms with Gasteiger partial charge in [0.05, 0.1) is 0 Å². The van der Waals surface area contributed by atoms with E-state index in [2.05, 4.69) is 97.1 Å². The molecule has 384 valence electrons. The van der Waals surface area contributed by atoms with Crippen molar-refractivity contribution in [1.82, 2.24) is 0 Å². The molecule has 0 amide bonds. The molecule has 0 saturated carbocycles. The SMILES string of the molecule is O=C(c1ccccc1)c1ccc(-c2cc[c]([Ge]([c]3ccc(-c4ccc(C(=O)c5ccccc5)cc4)cc3)([c]3ccc(-c4ccc(C(=O)c5ccccc5)cc4)cc3)[c]3ccc(-c4ccc(C(=O)c5ccccc5)cc4)cc3)cc2)cc1. The molecule has 12 aromatic rings. The van der Waals surface area contributed by atoms with Gasteiger partial charge in [0.1, 0.15) is 0 Å². The summed E-state index contributed by atoms with van der Waals surface area (Å²) in [5.41, 5.74) is 13.3. The van der Waals surface area contributed by atoms with E-state index in [9.17, 15) is 19.2 Å². The molecule has 0 bridgehead atoms. The second kappa shape index (κ2) is 23.1. The second-order valence-corrected chi connectivity index (χ2v) is 28.1. The average molecular weight is 1100 g/mol. The molecule has 0 radical (unpaired) electrons. The summed E-state index contributed by atoms with van der Waals surface area (Å²) in [6.45, 7) is 0. The standard InChI is InChI=1S/C76H52GeO4/c78-73(61-13-5-1-6-14-61)65-29-21-53(22-30-65)57-37-45-69(46-38-57)77(70-47-39-58(40-48-70)54-23-31-66(32-24-54)74(79)62-15-7-2-8-16-62,71-49-41-59(42-50-71)55-25-33-67(34-26-55)75(80)63-17-9-3-10-18-63)72-51-43-60(44-52-72)56-27-35-68(36-28-56)76(81)64-19-11-4-12-20-64/h1-52H. The van der Waals surface area contributed by atoms with Crippen LogP contribution in [0.3, 0.4) is 0 Å². The Kier molecular flexibility index (Phi) is 14.7. The molecule has 0 heterocycles. The molecule has 0 aliphatic carbocycles. The van der Waals surface area contributed by atoms with Crippen LogP contribution in [0.5, 0.6) is 0 Å². The zero-order valence-corrected chi connectivity index (χ0v) is 46.3. The van der Waals surface area contributed by atoms with Crippen molar-refractivity contribution in [3.05, 3.63) is 360 Å². The predicted octanol–water partition coefficient (Wildman–Crippen LogP) is 14.7. The van der Waals surface area contributed by atoms with E-state index in [-0.39, 0.29) is 23.1 Å². The van der Waals surface area contributed by atoms with E-state index in [1.54, 1.807) is 0 Å². The summed E-state index contributed by atoms with van der Waals surface area (Å²) in [4.78, 5) is 53.6. The molecule has 12 aromatic carbocycles. The first-order chi connectivity index (χ1) is 39.8. The van der Waals surface area contributed by atoms with Crippen LogP contribution in [0.25, 0.3) is 44.5 Å². The Hall–Kier alpha value is -10.1. The van der Waals surface area contributed by atoms with E-state index in [0.29, 0.717) is 44.5 Å². The number of benzene rings is 12. The van der Waals surface area contributed by atoms with Gasteiger partial charge in [-0.3, -0.25) is 0 Å². The molecule has 0 spiro atoms. The van der Waals surface area contributed by atoms with Crippen molar-refractivity contribution in [1.29, 1.82) is 0 Å². The van der Waals surface area contributed by atoms with Crippen molar-refractivity contribution in [3.8, 4) is 44.5 Å². The fraction of sp³-hybridized carbons (Fsp3) is 0. The van der Waals surface area contributed by atoms with Gasteiger partial charge in [0.2, 0.25) is 0 Å². The van der Waals surface area contributed by atoms with Crippen LogP contribution in [0.15, 0.2) is 315 Å². The van der Waals surface area contributed by atoms with Crippen LogP contribution in [0.2, 0.25) is 0 Å². The molecular weight excluding hydrogens is 1050 g/mol. The third-order valence-corrected chi connectivity index (χ3v) is 25.4. The summed E-state index contributed by atoms with van der Waals surface area (Å²) in [7, 11) is 0. The van der Waals surface area contributed by atoms with Gasteiger partial charge in [0, 0.05) is 0 Å². The molecule has 0 fully saturated rings. The first kappa shape index (κ1) is 51.6. The number of carbonyl (C=O) groups excluding carboxylic acids is 4. The quantitative estimate of drug-likeness (QED) is 0.0714. The molecule has 0 saturated heterocycles. The predicted molar refractivity (Wildman–Crippen MR) is 331 cm³/mol. The molecule has 0 unspecified atom stereocenters. The van der Waals surface area contributed by atoms with E-state index >= 15 is 0 Å². The monoisotopic (exact) mass is 1100 g/mol. The molecule has 0 aliphatic rings. The van der Waals surface area contributed by atoms with E-state index in [4.69, 9.17) is 0 Å². The Morgan fingerprint density at radius 1 is 0.160 bits per heavy atom. The molecule has 0 aromatic heterocycles. The molecule has 81 heavy (non-hydrogen) atoms. The van der Waals surface area contributed by atoms with Gasteiger partial charge in [-0.25, -0.2) is 0 Å². The van der Waals surface area contributed by atoms with Crippen LogP contribution in [0, 0.1) is 0 Å². The fourth-order valence-corrected chi connectivity index (χ4v) is 20.7. The summed E-state index contributed by atoms with van der Waals surface area (Å²) < 4.78 is 4.89. The second-order valence-electron chi connectivity index (χ2n) is 20.1. The van der Waals surface area contributed by atoms with Crippen molar-refractivity contribution in [2.24, 2.45) is 0 Å². The molecule has 0 N–H and O–H groups in total. The normalized spacial score (nSPS) is 11.2. The molecule has 4 nitrogen and oxygen atoms in total. The Morgan fingerprint density at radius 3 is 0.457 bits per heavy atom. The Labute approximate surface area is 474 Å². The maximum absolute atomic E-state index is 13.4. The number of carbonyl (C=O) groups is 4. The van der Waals surface area contributed by atoms with Crippen LogP contribution in [0.4, 0.5) is 0 Å². The van der Waals surface area contributed by atoms with Gasteiger partial charge in [0.25, 0.3) is 0 Å². The summed E-state index contributed by atoms with van der Waals surface area (Å²) in [6.07, 6.45) is 0. The van der Waals surface area contributed by atoms with E-state index in [1.807, 2.05) is 218 Å². The third-order valence-electron chi connectivity index (χ3n) is 15.3. The number of ketones is 4. The van der Waals surface area contributed by atoms with Crippen LogP contribution >= 0.6 is 0 Å². The minimum absolute atomic E-state index is 0.0149. The Balaban J connectivity index is 0.958. The summed E-state index contributed by atoms with van der Waals surface area (Å²) in [6, 6.07) is 105. The fourth-order valence-electron chi connectivity index (χ4n) is 10.9. The van der Waals surface area contributed by atoms with E-state index < -0.39 is 13.3 Å². The maximum atomic E-state index is 13.4. The van der Waals surface area contributed by atoms with Gasteiger partial charge in [-0.2, -0.15) is 0 Å². The minimum atomic E-state index is -4.04. The Bertz CT molecular complexity index is 3610. The van der Waals surface area contributed by atoms with Crippen molar-refractivity contribution in [2.45, 2.75) is 0 Å². The number of rotatable bonds is 16. The van der Waals surface area contributed by atoms with Gasteiger partial charge >= 0.3 is 453 Å². The van der Waals surface area contributed by atoms with Crippen LogP contribution in [-0.4, -0.2) is 36.4 Å². The first-order valence-corrected chi connectivity index (χ1v) is 31.2. The van der Waals surface area contributed by atoms with Crippen LogP contribution < -0.4 is 17.6 Å². The van der Waals surface area contributed by atoms with Crippen LogP contribution in [0.1, 0.15) is 63.7 Å². The van der Waals surface area contributed by atoms with Crippen LogP contribution in [-0.2, 0) is 0 Å². The van der Waals surface area contributed by atoms with Crippen molar-refractivity contribution in [2.75, 3.05) is 0 Å². The molecule has 5 heteroatoms. The van der Waals surface area contributed by atoms with E-state index in [1.165, 1.54) is 17.6 Å². The summed E-state index contributed by atoms with van der Waals surface area (Å²) in [5.74, 6) is -0.0594.